The highest BCUT2D eigenvalue weighted by Crippen LogP contribution is 2.54. The van der Waals surface area contributed by atoms with Crippen LogP contribution in [0.5, 0.6) is 0 Å². The molecule has 0 radical (unpaired) electrons. The zero-order valence-corrected chi connectivity index (χ0v) is 17.7. The van der Waals surface area contributed by atoms with Gasteiger partial charge in [0.25, 0.3) is 5.92 Å². The predicted molar refractivity (Wildman–Crippen MR) is 110 cm³/mol. The van der Waals surface area contributed by atoms with E-state index in [1.807, 2.05) is 18.2 Å². The van der Waals surface area contributed by atoms with Crippen molar-refractivity contribution in [3.05, 3.63) is 48.0 Å². The SMILES string of the molecule is O=C(O)[C@H]1C[C@]1(CNS(=O)(=O)c1ccc(N2CCC(F)(F)CC2)s1)c1ccccc1. The minimum atomic E-state index is -3.85. The van der Waals surface area contributed by atoms with E-state index in [0.717, 1.165) is 16.9 Å². The van der Waals surface area contributed by atoms with Crippen LogP contribution in [0.15, 0.2) is 46.7 Å². The molecule has 6 nitrogen and oxygen atoms in total. The fourth-order valence-electron chi connectivity index (χ4n) is 3.99. The number of thiophene rings is 1. The fourth-order valence-corrected chi connectivity index (χ4v) is 6.49. The lowest BCUT2D eigenvalue weighted by atomic mass is 9.93. The number of halogens is 2. The van der Waals surface area contributed by atoms with Crippen LogP contribution in [0.1, 0.15) is 24.8 Å². The van der Waals surface area contributed by atoms with Crippen molar-refractivity contribution in [1.82, 2.24) is 4.72 Å². The van der Waals surface area contributed by atoms with Crippen molar-refractivity contribution < 1.29 is 27.1 Å². The molecule has 1 aliphatic carbocycles. The Kier molecular flexibility index (Phi) is 5.36. The number of hydrogen-bond donors (Lipinski definition) is 2. The van der Waals surface area contributed by atoms with E-state index in [1.165, 1.54) is 6.07 Å². The number of benzene rings is 1. The van der Waals surface area contributed by atoms with Crippen molar-refractivity contribution in [2.24, 2.45) is 5.92 Å². The molecule has 1 saturated carbocycles. The number of piperidine rings is 1. The third-order valence-electron chi connectivity index (χ3n) is 5.94. The number of sulfonamides is 1. The molecular weight excluding hydrogens is 434 g/mol. The number of rotatable bonds is 7. The molecule has 2 fully saturated rings. The lowest BCUT2D eigenvalue weighted by Crippen LogP contribution is -2.38. The average Bonchev–Trinajstić information content (AvgIpc) is 3.25. The van der Waals surface area contributed by atoms with Crippen molar-refractivity contribution in [3.63, 3.8) is 0 Å². The first-order valence-corrected chi connectivity index (χ1v) is 11.9. The van der Waals surface area contributed by atoms with Gasteiger partial charge in [-0.25, -0.2) is 21.9 Å². The maximum atomic E-state index is 13.4. The molecular formula is C20H22F2N2O4S2. The van der Waals surface area contributed by atoms with Crippen LogP contribution in [0.4, 0.5) is 13.8 Å². The summed E-state index contributed by atoms with van der Waals surface area (Å²) in [5.41, 5.74) is 0.0276. The number of anilines is 1. The van der Waals surface area contributed by atoms with Gasteiger partial charge < -0.3 is 10.0 Å². The Morgan fingerprint density at radius 3 is 2.43 bits per heavy atom. The van der Waals surface area contributed by atoms with E-state index < -0.39 is 33.2 Å². The molecule has 2 N–H and O–H groups in total. The van der Waals surface area contributed by atoms with Crippen LogP contribution < -0.4 is 9.62 Å². The number of nitrogens with one attached hydrogen (secondary N) is 1. The largest absolute Gasteiger partial charge is 0.481 e. The molecule has 1 saturated heterocycles. The van der Waals surface area contributed by atoms with E-state index in [0.29, 0.717) is 11.4 Å². The number of carboxylic acids is 1. The smallest absolute Gasteiger partial charge is 0.307 e. The Morgan fingerprint density at radius 1 is 1.17 bits per heavy atom. The molecule has 0 bridgehead atoms. The molecule has 30 heavy (non-hydrogen) atoms. The summed E-state index contributed by atoms with van der Waals surface area (Å²) < 4.78 is 55.0. The normalized spacial score (nSPS) is 25.8. The van der Waals surface area contributed by atoms with E-state index in [9.17, 15) is 27.1 Å². The zero-order valence-electron chi connectivity index (χ0n) is 16.1. The van der Waals surface area contributed by atoms with E-state index >= 15 is 0 Å². The highest BCUT2D eigenvalue weighted by Gasteiger charge is 2.59. The van der Waals surface area contributed by atoms with Gasteiger partial charge in [-0.2, -0.15) is 0 Å². The van der Waals surface area contributed by atoms with Crippen LogP contribution in [0.3, 0.4) is 0 Å². The van der Waals surface area contributed by atoms with Gasteiger partial charge in [-0.15, -0.1) is 11.3 Å². The van der Waals surface area contributed by atoms with Gasteiger partial charge in [0.1, 0.15) is 4.21 Å². The number of carboxylic acid groups (broad SMARTS) is 1. The highest BCUT2D eigenvalue weighted by molar-refractivity contribution is 7.91. The van der Waals surface area contributed by atoms with Crippen LogP contribution in [0, 0.1) is 5.92 Å². The van der Waals surface area contributed by atoms with E-state index in [4.69, 9.17) is 0 Å². The summed E-state index contributed by atoms with van der Waals surface area (Å²) in [7, 11) is -3.85. The van der Waals surface area contributed by atoms with Gasteiger partial charge in [0.2, 0.25) is 10.0 Å². The second kappa shape index (κ2) is 7.58. The molecule has 162 valence electrons. The predicted octanol–water partition coefficient (Wildman–Crippen LogP) is 3.30. The quantitative estimate of drug-likeness (QED) is 0.668. The molecule has 2 aliphatic rings. The molecule has 1 aromatic carbocycles. The first-order valence-electron chi connectivity index (χ1n) is 9.64. The fraction of sp³-hybridized carbons (Fsp3) is 0.450. The Balaban J connectivity index is 1.47. The van der Waals surface area contributed by atoms with Gasteiger partial charge in [-0.1, -0.05) is 30.3 Å². The number of alkyl halides is 2. The van der Waals surface area contributed by atoms with Crippen LogP contribution >= 0.6 is 11.3 Å². The van der Waals surface area contributed by atoms with Gasteiger partial charge in [0, 0.05) is 37.9 Å². The van der Waals surface area contributed by atoms with Crippen molar-refractivity contribution in [1.29, 1.82) is 0 Å². The summed E-state index contributed by atoms with van der Waals surface area (Å²) in [4.78, 5) is 13.3. The highest BCUT2D eigenvalue weighted by atomic mass is 32.2. The van der Waals surface area contributed by atoms with Crippen molar-refractivity contribution in [3.8, 4) is 0 Å². The molecule has 10 heteroatoms. The Bertz CT molecular complexity index is 1030. The van der Waals surface area contributed by atoms with Crippen molar-refractivity contribution in [2.45, 2.75) is 34.8 Å². The third-order valence-corrected chi connectivity index (χ3v) is 8.98. The standard InChI is InChI=1S/C20H22F2N2O4S2/c21-20(22)8-10-24(11-9-20)16-6-7-17(29-16)30(27,28)23-13-19(12-15(19)18(25)26)14-4-2-1-3-5-14/h1-7,15,23H,8-13H2,(H,25,26)/t15-,19+/m1/s1. The second-order valence-electron chi connectivity index (χ2n) is 7.88. The Morgan fingerprint density at radius 2 is 1.83 bits per heavy atom. The molecule has 2 atom stereocenters. The Labute approximate surface area is 177 Å². The zero-order chi connectivity index (χ0) is 21.6. The van der Waals surface area contributed by atoms with Crippen molar-refractivity contribution in [2.75, 3.05) is 24.5 Å². The first-order chi connectivity index (χ1) is 14.1. The van der Waals surface area contributed by atoms with E-state index in [2.05, 4.69) is 4.72 Å². The molecule has 4 rings (SSSR count). The van der Waals surface area contributed by atoms with Gasteiger partial charge >= 0.3 is 5.97 Å². The Hall–Kier alpha value is -2.04. The first kappa shape index (κ1) is 21.2. The van der Waals surface area contributed by atoms with Crippen LogP contribution in [0.2, 0.25) is 0 Å². The summed E-state index contributed by atoms with van der Waals surface area (Å²) >= 11 is 1.03. The molecule has 0 amide bonds. The van der Waals surface area contributed by atoms with Crippen LogP contribution in [-0.2, 0) is 20.2 Å². The summed E-state index contributed by atoms with van der Waals surface area (Å²) in [6.45, 7) is 0.342. The summed E-state index contributed by atoms with van der Waals surface area (Å²) in [6, 6.07) is 12.1. The van der Waals surface area contributed by atoms with E-state index in [1.54, 1.807) is 23.1 Å². The maximum absolute atomic E-state index is 13.4. The molecule has 0 unspecified atom stereocenters. The summed E-state index contributed by atoms with van der Waals surface area (Å²) in [5.74, 6) is -4.25. The lowest BCUT2D eigenvalue weighted by Gasteiger charge is -2.32. The second-order valence-corrected chi connectivity index (χ2v) is 10.9. The van der Waals surface area contributed by atoms with E-state index in [-0.39, 0.29) is 36.7 Å². The van der Waals surface area contributed by atoms with Gasteiger partial charge in [-0.05, 0) is 24.1 Å². The topological polar surface area (TPSA) is 86.7 Å². The van der Waals surface area contributed by atoms with Gasteiger partial charge in [0.15, 0.2) is 0 Å². The molecule has 2 aromatic rings. The summed E-state index contributed by atoms with van der Waals surface area (Å²) in [5, 5.41) is 10.1. The molecule has 1 aromatic heterocycles. The third kappa shape index (κ3) is 4.08. The van der Waals surface area contributed by atoms with Crippen LogP contribution in [-0.4, -0.2) is 45.1 Å². The maximum Gasteiger partial charge on any atom is 0.307 e. The summed E-state index contributed by atoms with van der Waals surface area (Å²) in [6.07, 6.45) is -0.130. The molecule has 2 heterocycles. The van der Waals surface area contributed by atoms with Gasteiger partial charge in [0.05, 0.1) is 10.9 Å². The lowest BCUT2D eigenvalue weighted by molar-refractivity contribution is -0.139. The molecule has 1 aliphatic heterocycles. The number of hydrogen-bond acceptors (Lipinski definition) is 5. The number of nitrogens with zero attached hydrogens (tertiary/aromatic N) is 1. The van der Waals surface area contributed by atoms with Crippen LogP contribution in [0.25, 0.3) is 0 Å². The van der Waals surface area contributed by atoms with Gasteiger partial charge in [-0.3, -0.25) is 4.79 Å². The molecule has 0 spiro atoms. The minimum Gasteiger partial charge on any atom is -0.481 e. The number of carbonyl (C=O) groups is 1. The average molecular weight is 457 g/mol. The monoisotopic (exact) mass is 456 g/mol. The number of aliphatic carboxylic acids is 1. The van der Waals surface area contributed by atoms with Crippen molar-refractivity contribution >= 4 is 32.3 Å². The minimum absolute atomic E-state index is 0.0144.